The molecule has 0 saturated carbocycles. The zero-order chi connectivity index (χ0) is 16.9. The second kappa shape index (κ2) is 7.46. The van der Waals surface area contributed by atoms with E-state index in [-0.39, 0.29) is 28.5 Å². The van der Waals surface area contributed by atoms with E-state index in [2.05, 4.69) is 0 Å². The molecule has 0 saturated heterocycles. The van der Waals surface area contributed by atoms with E-state index >= 15 is 0 Å². The lowest BCUT2D eigenvalue weighted by Gasteiger charge is -2.20. The number of nitrogens with two attached hydrogens (primary N) is 1. The maximum atomic E-state index is 12.2. The lowest BCUT2D eigenvalue weighted by Crippen LogP contribution is -2.32. The van der Waals surface area contributed by atoms with E-state index in [0.717, 1.165) is 0 Å². The lowest BCUT2D eigenvalue weighted by molar-refractivity contribution is -0.130. The number of ether oxygens (including phenoxy) is 2. The quantitative estimate of drug-likeness (QED) is 0.796. The average Bonchev–Trinajstić information content (AvgIpc) is 2.46. The molecule has 1 aromatic rings. The van der Waals surface area contributed by atoms with Crippen LogP contribution in [0.5, 0.6) is 11.5 Å². The average molecular weight is 330 g/mol. The molecule has 2 N–H and O–H groups in total. The maximum absolute atomic E-state index is 12.2. The third-order valence-electron chi connectivity index (χ3n) is 3.33. The topological polar surface area (TPSA) is 98.9 Å². The van der Waals surface area contributed by atoms with Crippen molar-refractivity contribution < 1.29 is 22.7 Å². The van der Waals surface area contributed by atoms with Crippen LogP contribution in [-0.2, 0) is 21.2 Å². The van der Waals surface area contributed by atoms with Gasteiger partial charge in [-0.15, -0.1) is 0 Å². The molecule has 124 valence electrons. The summed E-state index contributed by atoms with van der Waals surface area (Å²) in [4.78, 5) is 13.7. The van der Waals surface area contributed by atoms with Gasteiger partial charge in [0.15, 0.2) is 11.5 Å². The van der Waals surface area contributed by atoms with Crippen molar-refractivity contribution in [3.63, 3.8) is 0 Å². The molecule has 0 aromatic heterocycles. The van der Waals surface area contributed by atoms with Gasteiger partial charge in [0.1, 0.15) is 0 Å². The van der Waals surface area contributed by atoms with E-state index in [9.17, 15) is 13.2 Å². The van der Waals surface area contributed by atoms with Gasteiger partial charge in [0.2, 0.25) is 15.9 Å². The van der Waals surface area contributed by atoms with Crippen molar-refractivity contribution in [3.8, 4) is 11.5 Å². The highest BCUT2D eigenvalue weighted by molar-refractivity contribution is 7.89. The predicted molar refractivity (Wildman–Crippen MR) is 82.6 cm³/mol. The normalized spacial score (nSPS) is 11.1. The van der Waals surface area contributed by atoms with Crippen molar-refractivity contribution in [1.82, 2.24) is 4.90 Å². The van der Waals surface area contributed by atoms with E-state index < -0.39 is 10.0 Å². The van der Waals surface area contributed by atoms with E-state index in [1.54, 1.807) is 4.90 Å². The van der Waals surface area contributed by atoms with Crippen LogP contribution in [0.4, 0.5) is 0 Å². The second-order valence-electron chi connectivity index (χ2n) is 4.60. The highest BCUT2D eigenvalue weighted by Gasteiger charge is 2.22. The van der Waals surface area contributed by atoms with Gasteiger partial charge in [-0.2, -0.15) is 0 Å². The van der Waals surface area contributed by atoms with Crippen molar-refractivity contribution >= 4 is 15.9 Å². The van der Waals surface area contributed by atoms with Crippen LogP contribution >= 0.6 is 0 Å². The first-order valence-corrected chi connectivity index (χ1v) is 8.38. The number of nitrogens with zero attached hydrogens (tertiary/aromatic N) is 1. The molecular formula is C14H22N2O5S. The van der Waals surface area contributed by atoms with Crippen molar-refractivity contribution in [1.29, 1.82) is 0 Å². The Morgan fingerprint density at radius 3 is 2.05 bits per heavy atom. The summed E-state index contributed by atoms with van der Waals surface area (Å²) in [6.07, 6.45) is -0.0756. The predicted octanol–water partition coefficient (Wildman–Crippen LogP) is 0.762. The molecule has 0 aliphatic rings. The minimum absolute atomic E-state index is 0.0756. The molecule has 0 atom stereocenters. The van der Waals surface area contributed by atoms with Crippen LogP contribution in [-0.4, -0.2) is 46.5 Å². The fourth-order valence-corrected chi connectivity index (χ4v) is 2.92. The van der Waals surface area contributed by atoms with Crippen LogP contribution in [0.15, 0.2) is 17.0 Å². The molecule has 1 amide bonds. The first kappa shape index (κ1) is 18.2. The third-order valence-corrected chi connectivity index (χ3v) is 4.32. The van der Waals surface area contributed by atoms with E-state index in [1.165, 1.54) is 26.4 Å². The van der Waals surface area contributed by atoms with Crippen LogP contribution in [0.2, 0.25) is 0 Å². The van der Waals surface area contributed by atoms with Gasteiger partial charge < -0.3 is 14.4 Å². The number of hydrogen-bond donors (Lipinski definition) is 1. The van der Waals surface area contributed by atoms with Crippen molar-refractivity contribution in [2.24, 2.45) is 5.14 Å². The summed E-state index contributed by atoms with van der Waals surface area (Å²) in [5.74, 6) is 0.407. The molecule has 0 aliphatic carbocycles. The van der Waals surface area contributed by atoms with E-state index in [4.69, 9.17) is 14.6 Å². The second-order valence-corrected chi connectivity index (χ2v) is 6.13. The number of rotatable bonds is 7. The lowest BCUT2D eigenvalue weighted by atomic mass is 10.1. The van der Waals surface area contributed by atoms with Crippen LogP contribution in [0.3, 0.4) is 0 Å². The number of primary sulfonamides is 1. The zero-order valence-corrected chi connectivity index (χ0v) is 14.1. The first-order valence-electron chi connectivity index (χ1n) is 6.83. The fourth-order valence-electron chi connectivity index (χ4n) is 2.16. The Morgan fingerprint density at radius 1 is 1.14 bits per heavy atom. The Morgan fingerprint density at radius 2 is 1.64 bits per heavy atom. The van der Waals surface area contributed by atoms with Gasteiger partial charge in [-0.05, 0) is 25.5 Å². The van der Waals surface area contributed by atoms with Gasteiger partial charge in [0, 0.05) is 19.2 Å². The standard InChI is InChI=1S/C14H22N2O5S/c1-5-16(6-2)14(17)8-10-7-11(20-3)12(21-4)9-13(10)22(15,18)19/h7,9H,5-6,8H2,1-4H3,(H2,15,18,19). The van der Waals surface area contributed by atoms with Crippen LogP contribution in [0.25, 0.3) is 0 Å². The molecule has 22 heavy (non-hydrogen) atoms. The molecule has 0 fully saturated rings. The number of sulfonamides is 1. The van der Waals surface area contributed by atoms with Gasteiger partial charge in [0.05, 0.1) is 25.5 Å². The number of carbonyl (C=O) groups is 1. The van der Waals surface area contributed by atoms with Gasteiger partial charge in [-0.3, -0.25) is 4.79 Å². The Balaban J connectivity index is 3.35. The first-order chi connectivity index (χ1) is 10.3. The summed E-state index contributed by atoms with van der Waals surface area (Å²) >= 11 is 0. The summed E-state index contributed by atoms with van der Waals surface area (Å²) in [5, 5.41) is 5.24. The van der Waals surface area contributed by atoms with E-state index in [0.29, 0.717) is 18.8 Å². The SMILES string of the molecule is CCN(CC)C(=O)Cc1cc(OC)c(OC)cc1S(N)(=O)=O. The summed E-state index contributed by atoms with van der Waals surface area (Å²) in [6.45, 7) is 4.81. The fraction of sp³-hybridized carbons (Fsp3) is 0.500. The van der Waals surface area contributed by atoms with Crippen molar-refractivity contribution in [2.75, 3.05) is 27.3 Å². The van der Waals surface area contributed by atoms with Gasteiger partial charge in [-0.1, -0.05) is 0 Å². The molecule has 0 radical (unpaired) electrons. The molecule has 8 heteroatoms. The number of likely N-dealkylation sites (N-methyl/N-ethyl adjacent to an activating group) is 1. The monoisotopic (exact) mass is 330 g/mol. The largest absolute Gasteiger partial charge is 0.493 e. The van der Waals surface area contributed by atoms with Crippen LogP contribution in [0, 0.1) is 0 Å². The molecule has 7 nitrogen and oxygen atoms in total. The number of hydrogen-bond acceptors (Lipinski definition) is 5. The Labute approximate surface area is 131 Å². The molecule has 0 unspecified atom stereocenters. The van der Waals surface area contributed by atoms with Gasteiger partial charge >= 0.3 is 0 Å². The molecule has 0 spiro atoms. The molecular weight excluding hydrogens is 308 g/mol. The van der Waals surface area contributed by atoms with Crippen LogP contribution < -0.4 is 14.6 Å². The van der Waals surface area contributed by atoms with Crippen molar-refractivity contribution in [2.45, 2.75) is 25.2 Å². The highest BCUT2D eigenvalue weighted by atomic mass is 32.2. The Kier molecular flexibility index (Phi) is 6.19. The molecule has 1 aromatic carbocycles. The Hall–Kier alpha value is -1.80. The number of carbonyl (C=O) groups excluding carboxylic acids is 1. The van der Waals surface area contributed by atoms with Crippen LogP contribution in [0.1, 0.15) is 19.4 Å². The molecule has 0 aliphatic heterocycles. The highest BCUT2D eigenvalue weighted by Crippen LogP contribution is 2.32. The number of benzene rings is 1. The minimum atomic E-state index is -3.98. The number of methoxy groups -OCH3 is 2. The van der Waals surface area contributed by atoms with Gasteiger partial charge in [0.25, 0.3) is 0 Å². The van der Waals surface area contributed by atoms with E-state index in [1.807, 2.05) is 13.8 Å². The third kappa shape index (κ3) is 4.11. The minimum Gasteiger partial charge on any atom is -0.493 e. The summed E-state index contributed by atoms with van der Waals surface area (Å²) in [5.41, 5.74) is 0.289. The molecule has 0 bridgehead atoms. The number of amides is 1. The maximum Gasteiger partial charge on any atom is 0.238 e. The Bertz CT molecular complexity index is 639. The molecule has 0 heterocycles. The zero-order valence-electron chi connectivity index (χ0n) is 13.3. The summed E-state index contributed by atoms with van der Waals surface area (Å²) < 4.78 is 33.8. The smallest absolute Gasteiger partial charge is 0.238 e. The van der Waals surface area contributed by atoms with Crippen molar-refractivity contribution in [3.05, 3.63) is 17.7 Å². The van der Waals surface area contributed by atoms with Gasteiger partial charge in [-0.25, -0.2) is 13.6 Å². The summed E-state index contributed by atoms with van der Waals surface area (Å²) in [7, 11) is -1.15. The molecule has 1 rings (SSSR count). The summed E-state index contributed by atoms with van der Waals surface area (Å²) in [6, 6.07) is 2.75.